The minimum Gasteiger partial charge on any atom is -0.318 e. The molecule has 1 N–H and O–H groups in total. The summed E-state index contributed by atoms with van der Waals surface area (Å²) in [6.07, 6.45) is 1.15. The van der Waals surface area contributed by atoms with Gasteiger partial charge in [0.2, 0.25) is 0 Å². The van der Waals surface area contributed by atoms with Crippen LogP contribution in [0.5, 0.6) is 0 Å². The van der Waals surface area contributed by atoms with Crippen LogP contribution in [-0.4, -0.2) is 37.6 Å². The number of rotatable bonds is 6. The van der Waals surface area contributed by atoms with Crippen LogP contribution in [0.3, 0.4) is 0 Å². The molecule has 1 aromatic rings. The summed E-state index contributed by atoms with van der Waals surface area (Å²) in [4.78, 5) is 3.89. The van der Waals surface area contributed by atoms with Crippen LogP contribution in [0.4, 0.5) is 0 Å². The highest BCUT2D eigenvalue weighted by Gasteiger charge is 2.21. The van der Waals surface area contributed by atoms with Gasteiger partial charge in [-0.05, 0) is 45.8 Å². The summed E-state index contributed by atoms with van der Waals surface area (Å²) >= 11 is 1.85. The number of likely N-dealkylation sites (N-methyl/N-ethyl adjacent to an activating group) is 2. The summed E-state index contributed by atoms with van der Waals surface area (Å²) in [5, 5.41) is 5.39. The predicted molar refractivity (Wildman–Crippen MR) is 68.7 cm³/mol. The fraction of sp³-hybridized carbons (Fsp3) is 0.667. The molecule has 86 valence electrons. The van der Waals surface area contributed by atoms with Gasteiger partial charge >= 0.3 is 0 Å². The number of hydrogen-bond donors (Lipinski definition) is 1. The van der Waals surface area contributed by atoms with Gasteiger partial charge in [-0.15, -0.1) is 11.3 Å². The van der Waals surface area contributed by atoms with E-state index >= 15 is 0 Å². The van der Waals surface area contributed by atoms with Gasteiger partial charge in [0, 0.05) is 23.5 Å². The maximum absolute atomic E-state index is 3.24. The molecule has 0 aliphatic carbocycles. The average Bonchev–Trinajstić information content (AvgIpc) is 2.66. The lowest BCUT2D eigenvalue weighted by Crippen LogP contribution is -2.48. The van der Waals surface area contributed by atoms with Gasteiger partial charge in [-0.1, -0.05) is 6.07 Å². The zero-order valence-electron chi connectivity index (χ0n) is 10.2. The Hall–Kier alpha value is -0.380. The predicted octanol–water partition coefficient (Wildman–Crippen LogP) is 2.22. The SMILES string of the molecule is CNCC(C)(C)N(C)CCc1cccs1. The molecule has 0 saturated carbocycles. The van der Waals surface area contributed by atoms with Gasteiger partial charge in [0.1, 0.15) is 0 Å². The fourth-order valence-corrected chi connectivity index (χ4v) is 2.30. The first-order valence-corrected chi connectivity index (χ1v) is 6.32. The summed E-state index contributed by atoms with van der Waals surface area (Å²) in [5.74, 6) is 0. The van der Waals surface area contributed by atoms with Crippen molar-refractivity contribution in [3.8, 4) is 0 Å². The van der Waals surface area contributed by atoms with E-state index < -0.39 is 0 Å². The van der Waals surface area contributed by atoms with E-state index in [-0.39, 0.29) is 5.54 Å². The van der Waals surface area contributed by atoms with Crippen LogP contribution in [0.25, 0.3) is 0 Å². The molecule has 0 bridgehead atoms. The summed E-state index contributed by atoms with van der Waals surface area (Å²) < 4.78 is 0. The van der Waals surface area contributed by atoms with Crippen LogP contribution in [0.1, 0.15) is 18.7 Å². The van der Waals surface area contributed by atoms with Crippen molar-refractivity contribution in [1.29, 1.82) is 0 Å². The molecule has 0 fully saturated rings. The second-order valence-electron chi connectivity index (χ2n) is 4.59. The van der Waals surface area contributed by atoms with Crippen molar-refractivity contribution in [1.82, 2.24) is 10.2 Å². The molecule has 1 aromatic heterocycles. The first-order valence-electron chi connectivity index (χ1n) is 5.44. The molecular formula is C12H22N2S. The van der Waals surface area contributed by atoms with E-state index in [0.29, 0.717) is 0 Å². The third kappa shape index (κ3) is 3.93. The van der Waals surface area contributed by atoms with Crippen molar-refractivity contribution in [2.45, 2.75) is 25.8 Å². The standard InChI is InChI=1S/C12H22N2S/c1-12(2,10-13-3)14(4)8-7-11-6-5-9-15-11/h5-6,9,13H,7-8,10H2,1-4H3. The molecule has 1 heterocycles. The molecule has 0 atom stereocenters. The normalized spacial score (nSPS) is 12.3. The zero-order chi connectivity index (χ0) is 11.3. The Morgan fingerprint density at radius 1 is 1.47 bits per heavy atom. The van der Waals surface area contributed by atoms with Crippen LogP contribution in [0.15, 0.2) is 17.5 Å². The summed E-state index contributed by atoms with van der Waals surface area (Å²) in [6, 6.07) is 4.34. The van der Waals surface area contributed by atoms with E-state index in [1.54, 1.807) is 0 Å². The fourth-order valence-electron chi connectivity index (χ4n) is 1.60. The Labute approximate surface area is 97.3 Å². The van der Waals surface area contributed by atoms with Gasteiger partial charge in [-0.25, -0.2) is 0 Å². The highest BCUT2D eigenvalue weighted by atomic mass is 32.1. The van der Waals surface area contributed by atoms with Crippen molar-refractivity contribution < 1.29 is 0 Å². The lowest BCUT2D eigenvalue weighted by Gasteiger charge is -2.35. The summed E-state index contributed by atoms with van der Waals surface area (Å²) in [6.45, 7) is 6.69. The molecule has 1 rings (SSSR count). The smallest absolute Gasteiger partial charge is 0.0274 e. The highest BCUT2D eigenvalue weighted by molar-refractivity contribution is 7.09. The van der Waals surface area contributed by atoms with E-state index in [0.717, 1.165) is 19.5 Å². The van der Waals surface area contributed by atoms with Gasteiger partial charge in [0.25, 0.3) is 0 Å². The molecule has 3 heteroatoms. The van der Waals surface area contributed by atoms with Crippen LogP contribution >= 0.6 is 11.3 Å². The molecule has 0 saturated heterocycles. The van der Waals surface area contributed by atoms with Gasteiger partial charge in [-0.3, -0.25) is 4.90 Å². The molecule has 0 spiro atoms. The van der Waals surface area contributed by atoms with Crippen molar-refractivity contribution in [2.24, 2.45) is 0 Å². The van der Waals surface area contributed by atoms with E-state index in [9.17, 15) is 0 Å². The molecule has 0 unspecified atom stereocenters. The molecule has 0 amide bonds. The number of thiophene rings is 1. The minimum atomic E-state index is 0.228. The van der Waals surface area contributed by atoms with Crippen LogP contribution in [-0.2, 0) is 6.42 Å². The third-order valence-electron chi connectivity index (χ3n) is 2.92. The number of nitrogens with zero attached hydrogens (tertiary/aromatic N) is 1. The monoisotopic (exact) mass is 226 g/mol. The Morgan fingerprint density at radius 3 is 2.73 bits per heavy atom. The maximum atomic E-state index is 3.24. The van der Waals surface area contributed by atoms with E-state index in [1.807, 2.05) is 18.4 Å². The first-order chi connectivity index (χ1) is 7.06. The van der Waals surface area contributed by atoms with Crippen LogP contribution in [0, 0.1) is 0 Å². The van der Waals surface area contributed by atoms with E-state index in [4.69, 9.17) is 0 Å². The summed E-state index contributed by atoms with van der Waals surface area (Å²) in [5.41, 5.74) is 0.228. The quantitative estimate of drug-likeness (QED) is 0.800. The Bertz CT molecular complexity index is 267. The molecule has 0 radical (unpaired) electrons. The lowest BCUT2D eigenvalue weighted by atomic mass is 10.0. The van der Waals surface area contributed by atoms with Crippen molar-refractivity contribution >= 4 is 11.3 Å². The molecule has 2 nitrogen and oxygen atoms in total. The molecule has 0 aliphatic heterocycles. The zero-order valence-corrected chi connectivity index (χ0v) is 11.0. The molecule has 15 heavy (non-hydrogen) atoms. The molecule has 0 aliphatic rings. The first kappa shape index (κ1) is 12.7. The number of nitrogens with one attached hydrogen (secondary N) is 1. The van der Waals surface area contributed by atoms with E-state index in [2.05, 4.69) is 48.6 Å². The Balaban J connectivity index is 2.38. The topological polar surface area (TPSA) is 15.3 Å². The minimum absolute atomic E-state index is 0.228. The Kier molecular flexibility index (Phi) is 4.77. The highest BCUT2D eigenvalue weighted by Crippen LogP contribution is 2.14. The van der Waals surface area contributed by atoms with Crippen LogP contribution < -0.4 is 5.32 Å². The third-order valence-corrected chi connectivity index (χ3v) is 3.85. The summed E-state index contributed by atoms with van der Waals surface area (Å²) in [7, 11) is 4.21. The van der Waals surface area contributed by atoms with E-state index in [1.165, 1.54) is 4.88 Å². The average molecular weight is 226 g/mol. The van der Waals surface area contributed by atoms with Gasteiger partial charge in [0.15, 0.2) is 0 Å². The van der Waals surface area contributed by atoms with Gasteiger partial charge in [-0.2, -0.15) is 0 Å². The second-order valence-corrected chi connectivity index (χ2v) is 5.63. The van der Waals surface area contributed by atoms with Crippen molar-refractivity contribution in [3.05, 3.63) is 22.4 Å². The number of hydrogen-bond acceptors (Lipinski definition) is 3. The molecule has 0 aromatic carbocycles. The molecular weight excluding hydrogens is 204 g/mol. The maximum Gasteiger partial charge on any atom is 0.0274 e. The lowest BCUT2D eigenvalue weighted by molar-refractivity contribution is 0.158. The Morgan fingerprint density at radius 2 is 2.20 bits per heavy atom. The largest absolute Gasteiger partial charge is 0.318 e. The van der Waals surface area contributed by atoms with Gasteiger partial charge < -0.3 is 5.32 Å². The second kappa shape index (κ2) is 5.64. The van der Waals surface area contributed by atoms with Crippen LogP contribution in [0.2, 0.25) is 0 Å². The van der Waals surface area contributed by atoms with Crippen molar-refractivity contribution in [2.75, 3.05) is 27.2 Å². The van der Waals surface area contributed by atoms with Gasteiger partial charge in [0.05, 0.1) is 0 Å². The van der Waals surface area contributed by atoms with Crippen molar-refractivity contribution in [3.63, 3.8) is 0 Å².